The Bertz CT molecular complexity index is 404. The van der Waals surface area contributed by atoms with Crippen molar-refractivity contribution in [2.45, 2.75) is 19.4 Å². The number of hydrogen-bond acceptors (Lipinski definition) is 4. The van der Waals surface area contributed by atoms with Gasteiger partial charge in [0, 0.05) is 12.3 Å². The SMILES string of the molecule is CSCC(C)(O)CNC(=O)c1scc(C)c1Cl. The molecule has 0 spiro atoms. The first-order valence-corrected chi connectivity index (χ1v) is 7.75. The fourth-order valence-electron chi connectivity index (χ4n) is 1.30. The molecule has 1 aromatic rings. The second-order valence-corrected chi connectivity index (χ2v) is 6.30. The molecule has 0 fully saturated rings. The Morgan fingerprint density at radius 2 is 2.35 bits per heavy atom. The molecule has 96 valence electrons. The molecular formula is C11H16ClNO2S2. The standard InChI is InChI=1S/C11H16ClNO2S2/c1-7-4-17-9(8(7)12)10(14)13-5-11(2,15)6-16-3/h4,15H,5-6H2,1-3H3,(H,13,14). The molecular weight excluding hydrogens is 278 g/mol. The third-order valence-corrected chi connectivity index (χ3v) is 4.80. The Kier molecular flexibility index (Phi) is 5.31. The molecule has 0 aliphatic heterocycles. The summed E-state index contributed by atoms with van der Waals surface area (Å²) < 4.78 is 0. The van der Waals surface area contributed by atoms with Gasteiger partial charge < -0.3 is 10.4 Å². The first-order chi connectivity index (χ1) is 7.87. The molecule has 1 aromatic heterocycles. The third kappa shape index (κ3) is 4.17. The lowest BCUT2D eigenvalue weighted by Crippen LogP contribution is -2.42. The van der Waals surface area contributed by atoms with E-state index in [-0.39, 0.29) is 12.5 Å². The van der Waals surface area contributed by atoms with Gasteiger partial charge >= 0.3 is 0 Å². The second kappa shape index (κ2) is 6.09. The van der Waals surface area contributed by atoms with Crippen molar-refractivity contribution in [3.05, 3.63) is 20.8 Å². The van der Waals surface area contributed by atoms with Crippen molar-refractivity contribution in [2.75, 3.05) is 18.6 Å². The number of halogens is 1. The molecule has 3 nitrogen and oxygen atoms in total. The van der Waals surface area contributed by atoms with Crippen LogP contribution in [0.5, 0.6) is 0 Å². The lowest BCUT2D eigenvalue weighted by Gasteiger charge is -2.22. The number of hydrogen-bond donors (Lipinski definition) is 2. The van der Waals surface area contributed by atoms with Gasteiger partial charge in [-0.2, -0.15) is 11.8 Å². The van der Waals surface area contributed by atoms with Crippen LogP contribution < -0.4 is 5.32 Å². The molecule has 1 atom stereocenters. The number of carbonyl (C=O) groups excluding carboxylic acids is 1. The zero-order valence-corrected chi connectivity index (χ0v) is 12.4. The van der Waals surface area contributed by atoms with Crippen LogP contribution in [0, 0.1) is 6.92 Å². The summed E-state index contributed by atoms with van der Waals surface area (Å²) in [7, 11) is 0. The maximum absolute atomic E-state index is 11.8. The van der Waals surface area contributed by atoms with Crippen LogP contribution in [0.1, 0.15) is 22.2 Å². The van der Waals surface area contributed by atoms with Gasteiger partial charge in [0.2, 0.25) is 0 Å². The van der Waals surface area contributed by atoms with Crippen LogP contribution in [0.4, 0.5) is 0 Å². The summed E-state index contributed by atoms with van der Waals surface area (Å²) in [5, 5.41) is 15.0. The van der Waals surface area contributed by atoms with Crippen molar-refractivity contribution in [3.8, 4) is 0 Å². The second-order valence-electron chi connectivity index (χ2n) is 4.17. The zero-order chi connectivity index (χ0) is 13.1. The quantitative estimate of drug-likeness (QED) is 0.877. The van der Waals surface area contributed by atoms with E-state index in [2.05, 4.69) is 5.32 Å². The summed E-state index contributed by atoms with van der Waals surface area (Å²) in [6, 6.07) is 0. The zero-order valence-electron chi connectivity index (χ0n) is 10.0. The van der Waals surface area contributed by atoms with Crippen molar-refractivity contribution < 1.29 is 9.90 Å². The molecule has 2 N–H and O–H groups in total. The predicted molar refractivity (Wildman–Crippen MR) is 75.4 cm³/mol. The molecule has 6 heteroatoms. The minimum absolute atomic E-state index is 0.222. The van der Waals surface area contributed by atoms with E-state index < -0.39 is 5.60 Å². The number of aryl methyl sites for hydroxylation is 1. The van der Waals surface area contributed by atoms with Gasteiger partial charge in [-0.15, -0.1) is 11.3 Å². The Balaban J connectivity index is 2.59. The Morgan fingerprint density at radius 1 is 1.71 bits per heavy atom. The molecule has 17 heavy (non-hydrogen) atoms. The van der Waals surface area contributed by atoms with E-state index in [4.69, 9.17) is 11.6 Å². The van der Waals surface area contributed by atoms with Gasteiger partial charge in [-0.1, -0.05) is 11.6 Å². The van der Waals surface area contributed by atoms with Crippen LogP contribution in [-0.4, -0.2) is 35.2 Å². The average molecular weight is 294 g/mol. The summed E-state index contributed by atoms with van der Waals surface area (Å²) in [6.07, 6.45) is 1.91. The van der Waals surface area contributed by atoms with Crippen LogP contribution in [0.25, 0.3) is 0 Å². The first kappa shape index (κ1) is 14.8. The van der Waals surface area contributed by atoms with Gasteiger partial charge in [0.15, 0.2) is 0 Å². The topological polar surface area (TPSA) is 49.3 Å². The Hall–Kier alpha value is -0.230. The van der Waals surface area contributed by atoms with Crippen molar-refractivity contribution in [2.24, 2.45) is 0 Å². The molecule has 1 amide bonds. The largest absolute Gasteiger partial charge is 0.387 e. The van der Waals surface area contributed by atoms with Crippen LogP contribution >= 0.6 is 34.7 Å². The highest BCUT2D eigenvalue weighted by Crippen LogP contribution is 2.26. The van der Waals surface area contributed by atoms with Gasteiger partial charge in [-0.3, -0.25) is 4.79 Å². The molecule has 1 unspecified atom stereocenters. The summed E-state index contributed by atoms with van der Waals surface area (Å²) in [6.45, 7) is 3.78. The van der Waals surface area contributed by atoms with Crippen LogP contribution in [0.15, 0.2) is 5.38 Å². The summed E-state index contributed by atoms with van der Waals surface area (Å²) >= 11 is 8.85. The number of rotatable bonds is 5. The minimum Gasteiger partial charge on any atom is -0.387 e. The molecule has 0 aliphatic carbocycles. The molecule has 0 saturated carbocycles. The number of amides is 1. The van der Waals surface area contributed by atoms with Crippen molar-refractivity contribution >= 4 is 40.6 Å². The highest BCUT2D eigenvalue weighted by atomic mass is 35.5. The van der Waals surface area contributed by atoms with Gasteiger partial charge in [0.05, 0.1) is 10.6 Å². The summed E-state index contributed by atoms with van der Waals surface area (Å²) in [5.74, 6) is 0.347. The average Bonchev–Trinajstić information content (AvgIpc) is 2.57. The molecule has 0 bridgehead atoms. The highest BCUT2D eigenvalue weighted by Gasteiger charge is 2.22. The normalized spacial score (nSPS) is 14.4. The van der Waals surface area contributed by atoms with Crippen molar-refractivity contribution in [1.82, 2.24) is 5.32 Å². The van der Waals surface area contributed by atoms with Crippen LogP contribution in [-0.2, 0) is 0 Å². The number of thioether (sulfide) groups is 1. The first-order valence-electron chi connectivity index (χ1n) is 5.10. The maximum Gasteiger partial charge on any atom is 0.262 e. The number of aliphatic hydroxyl groups is 1. The van der Waals surface area contributed by atoms with Crippen molar-refractivity contribution in [1.29, 1.82) is 0 Å². The molecule has 1 rings (SSSR count). The lowest BCUT2D eigenvalue weighted by molar-refractivity contribution is 0.0727. The van der Waals surface area contributed by atoms with Gasteiger partial charge in [0.1, 0.15) is 4.88 Å². The predicted octanol–water partition coefficient (Wildman–Crippen LogP) is 2.55. The highest BCUT2D eigenvalue weighted by molar-refractivity contribution is 7.98. The van der Waals surface area contributed by atoms with Crippen molar-refractivity contribution in [3.63, 3.8) is 0 Å². The third-order valence-electron chi connectivity index (χ3n) is 2.19. The fourth-order valence-corrected chi connectivity index (χ4v) is 3.21. The lowest BCUT2D eigenvalue weighted by atomic mass is 10.1. The Labute approximate surface area is 115 Å². The maximum atomic E-state index is 11.8. The number of nitrogens with one attached hydrogen (secondary N) is 1. The van der Waals surface area contributed by atoms with E-state index in [1.54, 1.807) is 6.92 Å². The van der Waals surface area contributed by atoms with E-state index in [0.717, 1.165) is 5.56 Å². The summed E-state index contributed by atoms with van der Waals surface area (Å²) in [5.41, 5.74) is 0.00566. The van der Waals surface area contributed by atoms with E-state index in [1.807, 2.05) is 18.6 Å². The van der Waals surface area contributed by atoms with Crippen LogP contribution in [0.2, 0.25) is 5.02 Å². The van der Waals surface area contributed by atoms with Gasteiger partial charge in [0.25, 0.3) is 5.91 Å². The molecule has 0 radical (unpaired) electrons. The smallest absolute Gasteiger partial charge is 0.262 e. The molecule has 0 aromatic carbocycles. The monoisotopic (exact) mass is 293 g/mol. The minimum atomic E-state index is -0.895. The number of thiophene rings is 1. The van der Waals surface area contributed by atoms with Crippen LogP contribution in [0.3, 0.4) is 0 Å². The number of carbonyl (C=O) groups is 1. The molecule has 0 aliphatic rings. The van der Waals surface area contributed by atoms with E-state index in [9.17, 15) is 9.90 Å². The van der Waals surface area contributed by atoms with Gasteiger partial charge in [-0.25, -0.2) is 0 Å². The molecule has 1 heterocycles. The fraction of sp³-hybridized carbons (Fsp3) is 0.545. The molecule has 0 saturated heterocycles. The van der Waals surface area contributed by atoms with E-state index >= 15 is 0 Å². The van der Waals surface area contributed by atoms with Gasteiger partial charge in [-0.05, 0) is 31.0 Å². The van der Waals surface area contributed by atoms with E-state index in [0.29, 0.717) is 15.7 Å². The van der Waals surface area contributed by atoms with E-state index in [1.165, 1.54) is 23.1 Å². The Morgan fingerprint density at radius 3 is 2.82 bits per heavy atom. The summed E-state index contributed by atoms with van der Waals surface area (Å²) in [4.78, 5) is 12.3.